The Kier molecular flexibility index (Phi) is 3.84. The molecule has 2 saturated carbocycles. The Bertz CT molecular complexity index is 601. The lowest BCUT2D eigenvalue weighted by atomic mass is 9.69. The average Bonchev–Trinajstić information content (AvgIpc) is 3.04. The summed E-state index contributed by atoms with van der Waals surface area (Å²) in [5, 5.41) is 14.4. The van der Waals surface area contributed by atoms with E-state index in [0.29, 0.717) is 24.8 Å². The smallest absolute Gasteiger partial charge is 0.237 e. The molecule has 132 valence electrons. The van der Waals surface area contributed by atoms with Gasteiger partial charge >= 0.3 is 0 Å². The Balaban J connectivity index is 1.42. The van der Waals surface area contributed by atoms with Crippen LogP contribution in [0.2, 0.25) is 0 Å². The second kappa shape index (κ2) is 5.67. The van der Waals surface area contributed by atoms with Crippen molar-refractivity contribution in [2.24, 2.45) is 16.8 Å². The maximum absolute atomic E-state index is 12.7. The van der Waals surface area contributed by atoms with Crippen molar-refractivity contribution < 1.29 is 9.90 Å². The van der Waals surface area contributed by atoms with Crippen molar-refractivity contribution in [3.63, 3.8) is 0 Å². The minimum Gasteiger partial charge on any atom is -0.390 e. The van der Waals surface area contributed by atoms with Gasteiger partial charge in [0.25, 0.3) is 0 Å². The van der Waals surface area contributed by atoms with Crippen LogP contribution in [0.25, 0.3) is 0 Å². The molecule has 5 heteroatoms. The third kappa shape index (κ3) is 2.72. The summed E-state index contributed by atoms with van der Waals surface area (Å²) < 4.78 is 0. The van der Waals surface area contributed by atoms with Gasteiger partial charge in [0, 0.05) is 25.3 Å². The Morgan fingerprint density at radius 3 is 3.17 bits per heavy atom. The summed E-state index contributed by atoms with van der Waals surface area (Å²) in [6.07, 6.45) is 9.95. The Hall–Kier alpha value is -1.20. The number of aliphatic imine (C=N–C) groups is 1. The highest BCUT2D eigenvalue weighted by atomic mass is 16.3. The second-order valence-electron chi connectivity index (χ2n) is 8.57. The van der Waals surface area contributed by atoms with Crippen molar-refractivity contribution in [3.05, 3.63) is 11.6 Å². The van der Waals surface area contributed by atoms with Crippen LogP contribution < -0.4 is 5.32 Å². The van der Waals surface area contributed by atoms with Crippen molar-refractivity contribution in [1.82, 2.24) is 10.2 Å². The lowest BCUT2D eigenvalue weighted by molar-refractivity contribution is -0.130. The molecule has 1 saturated heterocycles. The van der Waals surface area contributed by atoms with Crippen LogP contribution in [0.15, 0.2) is 16.6 Å². The quantitative estimate of drug-likeness (QED) is 0.606. The number of amides is 1. The maximum Gasteiger partial charge on any atom is 0.237 e. The molecule has 4 unspecified atom stereocenters. The first kappa shape index (κ1) is 16.3. The number of carbonyl (C=O) groups excluding carboxylic acids is 1. The monoisotopic (exact) mass is 331 g/mol. The Morgan fingerprint density at radius 1 is 1.54 bits per heavy atom. The van der Waals surface area contributed by atoms with Crippen LogP contribution in [-0.2, 0) is 4.79 Å². The molecule has 2 bridgehead atoms. The molecule has 1 amide bonds. The second-order valence-corrected chi connectivity index (χ2v) is 8.57. The number of allylic oxidation sites excluding steroid dienone is 1. The van der Waals surface area contributed by atoms with Crippen LogP contribution >= 0.6 is 0 Å². The van der Waals surface area contributed by atoms with Crippen LogP contribution in [0.1, 0.15) is 45.4 Å². The molecule has 0 aromatic rings. The SMILES string of the molecule is C/N=C\[C@@H]1CCCN1C(=O)CNC1(C)C=C2CC3CC(O)(CC23)C1. The van der Waals surface area contributed by atoms with Gasteiger partial charge in [-0.3, -0.25) is 15.1 Å². The summed E-state index contributed by atoms with van der Waals surface area (Å²) in [4.78, 5) is 18.7. The number of fused-ring (bicyclic) bond motifs is 1. The normalized spacial score (nSPS) is 43.7. The standard InChI is InChI=1S/C19H29N3O2/c1-18(7-13-6-14-8-19(24,12-18)9-16(13)14)21-11-17(23)22-5-3-4-15(22)10-20-2/h7,10,14-16,21,24H,3-6,8-9,11-12H2,1-2H3/b20-10-/t14?,15-,16?,18?,19?/m0/s1. The van der Waals surface area contributed by atoms with Crippen LogP contribution in [0.5, 0.6) is 0 Å². The van der Waals surface area contributed by atoms with Gasteiger partial charge in [-0.2, -0.15) is 0 Å². The largest absolute Gasteiger partial charge is 0.390 e. The molecule has 3 fully saturated rings. The molecule has 0 spiro atoms. The van der Waals surface area contributed by atoms with E-state index in [9.17, 15) is 9.90 Å². The highest BCUT2D eigenvalue weighted by Crippen LogP contribution is 2.59. The molecule has 1 heterocycles. The van der Waals surface area contributed by atoms with Crippen molar-refractivity contribution in [2.45, 2.75) is 62.6 Å². The van der Waals surface area contributed by atoms with Crippen molar-refractivity contribution in [1.29, 1.82) is 0 Å². The first-order valence-electron chi connectivity index (χ1n) is 9.32. The van der Waals surface area contributed by atoms with Gasteiger partial charge in [0.2, 0.25) is 5.91 Å². The first-order valence-corrected chi connectivity index (χ1v) is 9.32. The molecule has 5 atom stereocenters. The molecule has 5 nitrogen and oxygen atoms in total. The third-order valence-corrected chi connectivity index (χ3v) is 6.57. The molecule has 1 aliphatic heterocycles. The van der Waals surface area contributed by atoms with E-state index >= 15 is 0 Å². The van der Waals surface area contributed by atoms with E-state index in [1.54, 1.807) is 7.05 Å². The van der Waals surface area contributed by atoms with Gasteiger partial charge in [-0.15, -0.1) is 0 Å². The fourth-order valence-electron chi connectivity index (χ4n) is 5.61. The first-order chi connectivity index (χ1) is 11.4. The molecule has 0 aromatic heterocycles. The molecular weight excluding hydrogens is 302 g/mol. The fraction of sp³-hybridized carbons (Fsp3) is 0.789. The van der Waals surface area contributed by atoms with Gasteiger partial charge in [0.05, 0.1) is 18.2 Å². The number of hydrogen-bond acceptors (Lipinski definition) is 4. The predicted molar refractivity (Wildman–Crippen MR) is 94.0 cm³/mol. The number of aliphatic hydroxyl groups is 1. The van der Waals surface area contributed by atoms with E-state index in [0.717, 1.165) is 38.6 Å². The molecule has 4 aliphatic rings. The van der Waals surface area contributed by atoms with Crippen molar-refractivity contribution in [3.8, 4) is 0 Å². The predicted octanol–water partition coefficient (Wildman–Crippen LogP) is 1.52. The van der Waals surface area contributed by atoms with Gasteiger partial charge in [0.1, 0.15) is 0 Å². The molecule has 24 heavy (non-hydrogen) atoms. The van der Waals surface area contributed by atoms with Crippen molar-refractivity contribution >= 4 is 12.1 Å². The summed E-state index contributed by atoms with van der Waals surface area (Å²) in [6.45, 7) is 3.29. The van der Waals surface area contributed by atoms with E-state index in [1.807, 2.05) is 11.1 Å². The summed E-state index contributed by atoms with van der Waals surface area (Å²) in [5.74, 6) is 1.44. The van der Waals surface area contributed by atoms with Crippen LogP contribution in [-0.4, -0.2) is 59.4 Å². The molecule has 3 aliphatic carbocycles. The van der Waals surface area contributed by atoms with E-state index in [2.05, 4.69) is 23.3 Å². The summed E-state index contributed by atoms with van der Waals surface area (Å²) >= 11 is 0. The topological polar surface area (TPSA) is 64.9 Å². The molecule has 4 rings (SSSR count). The zero-order valence-corrected chi connectivity index (χ0v) is 14.8. The Labute approximate surface area is 144 Å². The van der Waals surface area contributed by atoms with E-state index in [-0.39, 0.29) is 17.5 Å². The van der Waals surface area contributed by atoms with Crippen LogP contribution in [0.3, 0.4) is 0 Å². The number of nitrogens with one attached hydrogen (secondary N) is 1. The number of likely N-dealkylation sites (tertiary alicyclic amines) is 1. The lowest BCUT2D eigenvalue weighted by Gasteiger charge is -2.40. The maximum atomic E-state index is 12.7. The van der Waals surface area contributed by atoms with Gasteiger partial charge < -0.3 is 10.0 Å². The van der Waals surface area contributed by atoms with Crippen LogP contribution in [0.4, 0.5) is 0 Å². The van der Waals surface area contributed by atoms with Crippen LogP contribution in [0, 0.1) is 11.8 Å². The van der Waals surface area contributed by atoms with Gasteiger partial charge in [0.15, 0.2) is 0 Å². The van der Waals surface area contributed by atoms with E-state index in [4.69, 9.17) is 0 Å². The molecular formula is C19H29N3O2. The van der Waals surface area contributed by atoms with E-state index < -0.39 is 5.60 Å². The summed E-state index contributed by atoms with van der Waals surface area (Å²) in [7, 11) is 1.76. The van der Waals surface area contributed by atoms with Gasteiger partial charge in [-0.25, -0.2) is 0 Å². The highest BCUT2D eigenvalue weighted by Gasteiger charge is 2.55. The fourth-order valence-corrected chi connectivity index (χ4v) is 5.61. The van der Waals surface area contributed by atoms with Gasteiger partial charge in [-0.1, -0.05) is 11.6 Å². The lowest BCUT2D eigenvalue weighted by Crippen LogP contribution is -2.52. The zero-order valence-electron chi connectivity index (χ0n) is 14.8. The number of hydrogen-bond donors (Lipinski definition) is 2. The van der Waals surface area contributed by atoms with Crippen molar-refractivity contribution in [2.75, 3.05) is 20.1 Å². The Morgan fingerprint density at radius 2 is 2.38 bits per heavy atom. The minimum atomic E-state index is -0.556. The zero-order chi connectivity index (χ0) is 16.9. The van der Waals surface area contributed by atoms with E-state index in [1.165, 1.54) is 5.57 Å². The minimum absolute atomic E-state index is 0.143. The number of nitrogens with zero attached hydrogens (tertiary/aromatic N) is 2. The summed E-state index contributed by atoms with van der Waals surface area (Å²) in [6, 6.07) is 0.150. The number of carbonyl (C=O) groups is 1. The average molecular weight is 331 g/mol. The highest BCUT2D eigenvalue weighted by molar-refractivity contribution is 5.83. The summed E-state index contributed by atoms with van der Waals surface area (Å²) in [5.41, 5.74) is 0.654. The molecule has 0 aromatic carbocycles. The molecule has 2 N–H and O–H groups in total. The third-order valence-electron chi connectivity index (χ3n) is 6.57. The van der Waals surface area contributed by atoms with Gasteiger partial charge in [-0.05, 0) is 57.3 Å². The molecule has 0 radical (unpaired) electrons. The number of rotatable bonds is 4.